The van der Waals surface area contributed by atoms with Gasteiger partial charge in [-0.25, -0.2) is 13.1 Å². The number of unbranched alkanes of at least 4 members (excludes halogenated alkanes) is 1. The van der Waals surface area contributed by atoms with Gasteiger partial charge < -0.3 is 10.1 Å². The summed E-state index contributed by atoms with van der Waals surface area (Å²) in [7, 11) is -2.12. The van der Waals surface area contributed by atoms with Crippen LogP contribution >= 0.6 is 0 Å². The molecule has 0 heterocycles. The molecule has 0 aliphatic rings. The lowest BCUT2D eigenvalue weighted by atomic mass is 10.3. The Bertz CT molecular complexity index is 543. The lowest BCUT2D eigenvalue weighted by Gasteiger charge is -2.09. The summed E-state index contributed by atoms with van der Waals surface area (Å²) in [4.78, 5) is 11.5. The smallest absolute Gasteiger partial charge is 0.250 e. The predicted octanol–water partition coefficient (Wildman–Crippen LogP) is 1.35. The van der Waals surface area contributed by atoms with Gasteiger partial charge in [0.2, 0.25) is 15.9 Å². The van der Waals surface area contributed by atoms with Gasteiger partial charge in [0, 0.05) is 19.3 Å². The quantitative estimate of drug-likeness (QED) is 0.710. The SMILES string of the molecule is CCCCNS(=O)(=O)c1cccc(NC(=O)COC)c1. The van der Waals surface area contributed by atoms with Crippen LogP contribution in [0.1, 0.15) is 19.8 Å². The molecule has 0 unspecified atom stereocenters. The maximum Gasteiger partial charge on any atom is 0.250 e. The van der Waals surface area contributed by atoms with E-state index < -0.39 is 10.0 Å². The Balaban J connectivity index is 2.79. The molecule has 0 spiro atoms. The summed E-state index contributed by atoms with van der Waals surface area (Å²) in [6.07, 6.45) is 1.69. The van der Waals surface area contributed by atoms with Gasteiger partial charge in [0.15, 0.2) is 0 Å². The number of hydrogen-bond donors (Lipinski definition) is 2. The first-order valence-electron chi connectivity index (χ1n) is 6.38. The summed E-state index contributed by atoms with van der Waals surface area (Å²) < 4.78 is 31.3. The molecule has 0 aliphatic heterocycles. The van der Waals surface area contributed by atoms with E-state index in [2.05, 4.69) is 10.0 Å². The second-order valence-electron chi connectivity index (χ2n) is 4.26. The largest absolute Gasteiger partial charge is 0.375 e. The van der Waals surface area contributed by atoms with E-state index in [1.807, 2.05) is 6.92 Å². The van der Waals surface area contributed by atoms with Crippen molar-refractivity contribution in [1.82, 2.24) is 4.72 Å². The summed E-state index contributed by atoms with van der Waals surface area (Å²) in [5.41, 5.74) is 0.422. The molecule has 2 N–H and O–H groups in total. The Hall–Kier alpha value is -1.44. The van der Waals surface area contributed by atoms with Gasteiger partial charge in [0.05, 0.1) is 4.90 Å². The lowest BCUT2D eigenvalue weighted by Crippen LogP contribution is -2.25. The summed E-state index contributed by atoms with van der Waals surface area (Å²) in [5.74, 6) is -0.332. The number of amides is 1. The van der Waals surface area contributed by atoms with Crippen LogP contribution in [-0.4, -0.2) is 34.6 Å². The van der Waals surface area contributed by atoms with Crippen LogP contribution < -0.4 is 10.0 Å². The Morgan fingerprint density at radius 1 is 1.35 bits per heavy atom. The normalized spacial score (nSPS) is 11.3. The molecule has 1 aromatic carbocycles. The lowest BCUT2D eigenvalue weighted by molar-refractivity contribution is -0.119. The van der Waals surface area contributed by atoms with Gasteiger partial charge in [0.1, 0.15) is 6.61 Å². The van der Waals surface area contributed by atoms with Gasteiger partial charge in [-0.2, -0.15) is 0 Å². The van der Waals surface area contributed by atoms with E-state index in [0.29, 0.717) is 12.2 Å². The number of nitrogens with one attached hydrogen (secondary N) is 2. The van der Waals surface area contributed by atoms with Crippen LogP contribution in [0.2, 0.25) is 0 Å². The molecular weight excluding hydrogens is 280 g/mol. The number of carbonyl (C=O) groups excluding carboxylic acids is 1. The minimum atomic E-state index is -3.54. The molecule has 0 radical (unpaired) electrons. The van der Waals surface area contributed by atoms with E-state index in [0.717, 1.165) is 12.8 Å². The molecule has 1 rings (SSSR count). The van der Waals surface area contributed by atoms with Crippen molar-refractivity contribution in [3.63, 3.8) is 0 Å². The minimum absolute atomic E-state index is 0.0777. The number of methoxy groups -OCH3 is 1. The van der Waals surface area contributed by atoms with Crippen LogP contribution in [0.25, 0.3) is 0 Å². The molecule has 7 heteroatoms. The van der Waals surface area contributed by atoms with Crippen molar-refractivity contribution < 1.29 is 17.9 Å². The standard InChI is InChI=1S/C13H20N2O4S/c1-3-4-8-14-20(17,18)12-7-5-6-11(9-12)15-13(16)10-19-2/h5-7,9,14H,3-4,8,10H2,1-2H3,(H,15,16). The van der Waals surface area contributed by atoms with Crippen LogP contribution in [0, 0.1) is 0 Å². The van der Waals surface area contributed by atoms with Gasteiger partial charge in [-0.15, -0.1) is 0 Å². The highest BCUT2D eigenvalue weighted by Gasteiger charge is 2.14. The molecule has 0 saturated heterocycles. The van der Waals surface area contributed by atoms with Crippen LogP contribution in [0.4, 0.5) is 5.69 Å². The third-order valence-electron chi connectivity index (χ3n) is 2.53. The molecule has 0 aliphatic carbocycles. The highest BCUT2D eigenvalue weighted by Crippen LogP contribution is 2.15. The van der Waals surface area contributed by atoms with Crippen molar-refractivity contribution in [2.24, 2.45) is 0 Å². The van der Waals surface area contributed by atoms with E-state index in [1.165, 1.54) is 19.2 Å². The molecule has 112 valence electrons. The average molecular weight is 300 g/mol. The molecule has 0 saturated carbocycles. The number of anilines is 1. The molecule has 20 heavy (non-hydrogen) atoms. The third-order valence-corrected chi connectivity index (χ3v) is 3.98. The minimum Gasteiger partial charge on any atom is -0.375 e. The van der Waals surface area contributed by atoms with Crippen molar-refractivity contribution in [3.05, 3.63) is 24.3 Å². The van der Waals surface area contributed by atoms with Gasteiger partial charge in [-0.1, -0.05) is 19.4 Å². The van der Waals surface area contributed by atoms with E-state index in [1.54, 1.807) is 12.1 Å². The number of hydrogen-bond acceptors (Lipinski definition) is 4. The van der Waals surface area contributed by atoms with Crippen molar-refractivity contribution in [1.29, 1.82) is 0 Å². The fraction of sp³-hybridized carbons (Fsp3) is 0.462. The van der Waals surface area contributed by atoms with Gasteiger partial charge in [0.25, 0.3) is 0 Å². The molecule has 1 amide bonds. The fourth-order valence-corrected chi connectivity index (χ4v) is 2.66. The molecule has 6 nitrogen and oxygen atoms in total. The van der Waals surface area contributed by atoms with Crippen molar-refractivity contribution in [2.45, 2.75) is 24.7 Å². The summed E-state index contributed by atoms with van der Waals surface area (Å²) in [6, 6.07) is 6.11. The molecular formula is C13H20N2O4S. The Kier molecular flexibility index (Phi) is 6.63. The van der Waals surface area contributed by atoms with E-state index in [4.69, 9.17) is 4.74 Å². The molecule has 0 bridgehead atoms. The molecule has 1 aromatic rings. The van der Waals surface area contributed by atoms with Crippen LogP contribution in [0.15, 0.2) is 29.2 Å². The Labute approximate surface area is 119 Å². The number of ether oxygens (including phenoxy) is 1. The van der Waals surface area contributed by atoms with Crippen LogP contribution in [0.5, 0.6) is 0 Å². The number of benzene rings is 1. The van der Waals surface area contributed by atoms with Gasteiger partial charge >= 0.3 is 0 Å². The van der Waals surface area contributed by atoms with Crippen molar-refractivity contribution >= 4 is 21.6 Å². The predicted molar refractivity (Wildman–Crippen MR) is 77.0 cm³/mol. The van der Waals surface area contributed by atoms with Crippen LogP contribution in [0.3, 0.4) is 0 Å². The number of sulfonamides is 1. The maximum atomic E-state index is 12.0. The fourth-order valence-electron chi connectivity index (χ4n) is 1.54. The number of rotatable bonds is 8. The Morgan fingerprint density at radius 2 is 2.10 bits per heavy atom. The van der Waals surface area contributed by atoms with E-state index in [9.17, 15) is 13.2 Å². The molecule has 0 atom stereocenters. The van der Waals surface area contributed by atoms with Gasteiger partial charge in [-0.3, -0.25) is 4.79 Å². The zero-order valence-electron chi connectivity index (χ0n) is 11.7. The first kappa shape index (κ1) is 16.6. The van der Waals surface area contributed by atoms with Gasteiger partial charge in [-0.05, 0) is 24.6 Å². The number of carbonyl (C=O) groups is 1. The van der Waals surface area contributed by atoms with E-state index >= 15 is 0 Å². The maximum absolute atomic E-state index is 12.0. The summed E-state index contributed by atoms with van der Waals surface area (Å²) >= 11 is 0. The third kappa shape index (κ3) is 5.28. The highest BCUT2D eigenvalue weighted by molar-refractivity contribution is 7.89. The topological polar surface area (TPSA) is 84.5 Å². The van der Waals surface area contributed by atoms with Crippen molar-refractivity contribution in [2.75, 3.05) is 25.6 Å². The highest BCUT2D eigenvalue weighted by atomic mass is 32.2. The summed E-state index contributed by atoms with van der Waals surface area (Å²) in [6.45, 7) is 2.31. The zero-order chi connectivity index (χ0) is 15.0. The zero-order valence-corrected chi connectivity index (χ0v) is 12.5. The first-order chi connectivity index (χ1) is 9.49. The molecule has 0 fully saturated rings. The first-order valence-corrected chi connectivity index (χ1v) is 7.86. The second-order valence-corrected chi connectivity index (χ2v) is 6.03. The monoisotopic (exact) mass is 300 g/mol. The van der Waals surface area contributed by atoms with E-state index in [-0.39, 0.29) is 17.4 Å². The summed E-state index contributed by atoms with van der Waals surface area (Å²) in [5, 5.41) is 2.57. The van der Waals surface area contributed by atoms with Crippen LogP contribution in [-0.2, 0) is 19.6 Å². The van der Waals surface area contributed by atoms with Crippen molar-refractivity contribution in [3.8, 4) is 0 Å². The second kappa shape index (κ2) is 7.98. The molecule has 0 aromatic heterocycles. The Morgan fingerprint density at radius 3 is 2.75 bits per heavy atom. The average Bonchev–Trinajstić information content (AvgIpc) is 2.39.